The monoisotopic (exact) mass is 281 g/mol. The molecule has 0 aliphatic carbocycles. The quantitative estimate of drug-likeness (QED) is 0.888. The van der Waals surface area contributed by atoms with Gasteiger partial charge in [0.25, 0.3) is 0 Å². The molecule has 1 aliphatic heterocycles. The summed E-state index contributed by atoms with van der Waals surface area (Å²) < 4.78 is 0. The summed E-state index contributed by atoms with van der Waals surface area (Å²) in [6.45, 7) is 3.86. The van der Waals surface area contributed by atoms with Crippen molar-refractivity contribution in [2.24, 2.45) is 5.73 Å². The van der Waals surface area contributed by atoms with E-state index in [-0.39, 0.29) is 5.91 Å². The van der Waals surface area contributed by atoms with Crippen molar-refractivity contribution in [1.82, 2.24) is 4.90 Å². The zero-order chi connectivity index (χ0) is 13.8. The number of nitrogens with one attached hydrogen (secondary N) is 1. The van der Waals surface area contributed by atoms with Gasteiger partial charge in [0.15, 0.2) is 0 Å². The summed E-state index contributed by atoms with van der Waals surface area (Å²) in [5.74, 6) is -0.00860. The van der Waals surface area contributed by atoms with E-state index < -0.39 is 0 Å². The lowest BCUT2D eigenvalue weighted by atomic mass is 10.2. The van der Waals surface area contributed by atoms with Gasteiger partial charge in [-0.05, 0) is 44.0 Å². The first kappa shape index (κ1) is 14.3. The molecule has 4 nitrogen and oxygen atoms in total. The van der Waals surface area contributed by atoms with Crippen LogP contribution < -0.4 is 11.1 Å². The molecule has 2 rings (SSSR count). The molecule has 0 spiro atoms. The zero-order valence-electron chi connectivity index (χ0n) is 11.2. The summed E-state index contributed by atoms with van der Waals surface area (Å²) in [5, 5.41) is 3.58. The number of amides is 1. The van der Waals surface area contributed by atoms with Crippen LogP contribution in [0.25, 0.3) is 0 Å². The fourth-order valence-electron chi connectivity index (χ4n) is 2.49. The second-order valence-corrected chi connectivity index (χ2v) is 5.37. The Morgan fingerprint density at radius 3 is 3.11 bits per heavy atom. The van der Waals surface area contributed by atoms with E-state index >= 15 is 0 Å². The second-order valence-electron chi connectivity index (χ2n) is 4.96. The van der Waals surface area contributed by atoms with Crippen molar-refractivity contribution < 1.29 is 4.79 Å². The van der Waals surface area contributed by atoms with Gasteiger partial charge < -0.3 is 11.1 Å². The first-order valence-corrected chi connectivity index (χ1v) is 6.98. The maximum absolute atomic E-state index is 12.1. The Morgan fingerprint density at radius 2 is 2.37 bits per heavy atom. The van der Waals surface area contributed by atoms with Crippen LogP contribution in [0, 0.1) is 6.92 Å². The largest absolute Gasteiger partial charge is 0.329 e. The first-order chi connectivity index (χ1) is 9.11. The lowest BCUT2D eigenvalue weighted by molar-refractivity contribution is -0.117. The van der Waals surface area contributed by atoms with Gasteiger partial charge in [-0.3, -0.25) is 9.69 Å². The predicted molar refractivity (Wildman–Crippen MR) is 78.5 cm³/mol. The van der Waals surface area contributed by atoms with Gasteiger partial charge >= 0.3 is 0 Å². The van der Waals surface area contributed by atoms with Gasteiger partial charge in [0.2, 0.25) is 5.91 Å². The minimum Gasteiger partial charge on any atom is -0.329 e. The number of hydrogen-bond donors (Lipinski definition) is 2. The highest BCUT2D eigenvalue weighted by atomic mass is 35.5. The Morgan fingerprint density at radius 1 is 1.58 bits per heavy atom. The van der Waals surface area contributed by atoms with Crippen molar-refractivity contribution in [3.63, 3.8) is 0 Å². The van der Waals surface area contributed by atoms with E-state index in [4.69, 9.17) is 17.3 Å². The summed E-state index contributed by atoms with van der Waals surface area (Å²) in [7, 11) is 0. The van der Waals surface area contributed by atoms with Crippen LogP contribution in [0.4, 0.5) is 5.69 Å². The van der Waals surface area contributed by atoms with Gasteiger partial charge in [-0.15, -0.1) is 0 Å². The fraction of sp³-hybridized carbons (Fsp3) is 0.500. The molecule has 1 fully saturated rings. The number of rotatable bonds is 4. The molecule has 3 N–H and O–H groups in total. The molecule has 1 aromatic carbocycles. The van der Waals surface area contributed by atoms with Gasteiger partial charge in [0.1, 0.15) is 0 Å². The van der Waals surface area contributed by atoms with E-state index in [1.807, 2.05) is 25.1 Å². The number of carbonyl (C=O) groups excluding carboxylic acids is 1. The highest BCUT2D eigenvalue weighted by Crippen LogP contribution is 2.23. The summed E-state index contributed by atoms with van der Waals surface area (Å²) in [6, 6.07) is 5.86. The van der Waals surface area contributed by atoms with Gasteiger partial charge in [-0.25, -0.2) is 0 Å². The maximum atomic E-state index is 12.1. The number of nitrogens with zero attached hydrogens (tertiary/aromatic N) is 1. The molecule has 1 aromatic rings. The molecule has 0 aromatic heterocycles. The minimum atomic E-state index is -0.00860. The molecule has 0 saturated carbocycles. The number of halogens is 1. The van der Waals surface area contributed by atoms with Gasteiger partial charge in [0, 0.05) is 23.3 Å². The number of anilines is 1. The maximum Gasteiger partial charge on any atom is 0.238 e. The zero-order valence-corrected chi connectivity index (χ0v) is 11.9. The molecular weight excluding hydrogens is 262 g/mol. The number of nitrogens with two attached hydrogens (primary N) is 1. The van der Waals surface area contributed by atoms with E-state index in [0.717, 1.165) is 30.6 Å². The second kappa shape index (κ2) is 6.37. The average Bonchev–Trinajstić information content (AvgIpc) is 2.82. The first-order valence-electron chi connectivity index (χ1n) is 6.61. The molecule has 19 heavy (non-hydrogen) atoms. The molecule has 0 radical (unpaired) electrons. The standard InChI is InChI=1S/C14H20ClN3O/c1-10-12(15)5-2-6-13(10)17-14(19)9-18-7-3-4-11(18)8-16/h2,5-6,11H,3-4,7-9,16H2,1H3,(H,17,19). The fourth-order valence-corrected chi connectivity index (χ4v) is 2.66. The molecule has 1 saturated heterocycles. The van der Waals surface area contributed by atoms with Crippen LogP contribution in [0.1, 0.15) is 18.4 Å². The normalized spacial score (nSPS) is 19.6. The molecular formula is C14H20ClN3O. The summed E-state index contributed by atoms with van der Waals surface area (Å²) in [5.41, 5.74) is 7.38. The average molecular weight is 282 g/mol. The van der Waals surface area contributed by atoms with Crippen molar-refractivity contribution in [2.45, 2.75) is 25.8 Å². The SMILES string of the molecule is Cc1c(Cl)cccc1NC(=O)CN1CCCC1CN. The van der Waals surface area contributed by atoms with Crippen molar-refractivity contribution in [1.29, 1.82) is 0 Å². The number of benzene rings is 1. The van der Waals surface area contributed by atoms with E-state index in [1.165, 1.54) is 0 Å². The molecule has 1 amide bonds. The molecule has 1 atom stereocenters. The van der Waals surface area contributed by atoms with E-state index in [9.17, 15) is 4.79 Å². The lowest BCUT2D eigenvalue weighted by Crippen LogP contribution is -2.40. The van der Waals surface area contributed by atoms with Crippen molar-refractivity contribution in [3.05, 3.63) is 28.8 Å². The van der Waals surface area contributed by atoms with Crippen LogP contribution in [0.5, 0.6) is 0 Å². The van der Waals surface area contributed by atoms with E-state index in [2.05, 4.69) is 10.2 Å². The summed E-state index contributed by atoms with van der Waals surface area (Å²) >= 11 is 6.03. The van der Waals surface area contributed by atoms with Crippen LogP contribution in [0.2, 0.25) is 5.02 Å². The lowest BCUT2D eigenvalue weighted by Gasteiger charge is -2.22. The van der Waals surface area contributed by atoms with Crippen molar-refractivity contribution in [2.75, 3.05) is 25.0 Å². The summed E-state index contributed by atoms with van der Waals surface area (Å²) in [6.07, 6.45) is 2.20. The van der Waals surface area contributed by atoms with Crippen molar-refractivity contribution >= 4 is 23.2 Å². The third-order valence-corrected chi connectivity index (χ3v) is 4.07. The van der Waals surface area contributed by atoms with Gasteiger partial charge in [-0.1, -0.05) is 17.7 Å². The molecule has 0 bridgehead atoms. The van der Waals surface area contributed by atoms with Crippen LogP contribution in [0.15, 0.2) is 18.2 Å². The summed E-state index contributed by atoms with van der Waals surface area (Å²) in [4.78, 5) is 14.2. The van der Waals surface area contributed by atoms with Crippen LogP contribution in [0.3, 0.4) is 0 Å². The Balaban J connectivity index is 1.96. The Labute approximate surface area is 118 Å². The van der Waals surface area contributed by atoms with Crippen LogP contribution in [-0.2, 0) is 4.79 Å². The predicted octanol–water partition coefficient (Wildman–Crippen LogP) is 2.01. The molecule has 5 heteroatoms. The molecule has 1 aliphatic rings. The van der Waals surface area contributed by atoms with Crippen LogP contribution >= 0.6 is 11.6 Å². The number of hydrogen-bond acceptors (Lipinski definition) is 3. The van der Waals surface area contributed by atoms with Gasteiger partial charge in [-0.2, -0.15) is 0 Å². The number of likely N-dealkylation sites (tertiary alicyclic amines) is 1. The van der Waals surface area contributed by atoms with Gasteiger partial charge in [0.05, 0.1) is 6.54 Å². The Bertz CT molecular complexity index is 464. The van der Waals surface area contributed by atoms with E-state index in [1.54, 1.807) is 0 Å². The topological polar surface area (TPSA) is 58.4 Å². The van der Waals surface area contributed by atoms with Crippen molar-refractivity contribution in [3.8, 4) is 0 Å². The minimum absolute atomic E-state index is 0.00860. The smallest absolute Gasteiger partial charge is 0.238 e. The molecule has 1 unspecified atom stereocenters. The molecule has 1 heterocycles. The van der Waals surface area contributed by atoms with E-state index in [0.29, 0.717) is 24.2 Å². The third kappa shape index (κ3) is 3.47. The Hall–Kier alpha value is -1.10. The third-order valence-electron chi connectivity index (χ3n) is 3.66. The Kier molecular flexibility index (Phi) is 4.80. The molecule has 104 valence electrons. The highest BCUT2D eigenvalue weighted by molar-refractivity contribution is 6.31. The highest BCUT2D eigenvalue weighted by Gasteiger charge is 2.24. The van der Waals surface area contributed by atoms with Crippen LogP contribution in [-0.4, -0.2) is 36.5 Å². The number of carbonyl (C=O) groups is 1.